The van der Waals surface area contributed by atoms with Crippen LogP contribution in [0.3, 0.4) is 0 Å². The van der Waals surface area contributed by atoms with Crippen LogP contribution in [0.1, 0.15) is 154 Å². The summed E-state index contributed by atoms with van der Waals surface area (Å²) in [6.45, 7) is 1.87. The van der Waals surface area contributed by atoms with Crippen molar-refractivity contribution >= 4 is 77.9 Å². The molecule has 0 saturated heterocycles. The highest BCUT2D eigenvalue weighted by atomic mass is 32.1. The van der Waals surface area contributed by atoms with Crippen molar-refractivity contribution < 1.29 is 37.4 Å². The fourth-order valence-corrected chi connectivity index (χ4v) is 22.8. The van der Waals surface area contributed by atoms with Crippen LogP contribution < -0.4 is 4.74 Å². The van der Waals surface area contributed by atoms with Crippen LogP contribution in [0.4, 0.5) is 13.2 Å². The van der Waals surface area contributed by atoms with Crippen molar-refractivity contribution in [3.05, 3.63) is 320 Å². The SMILES string of the molecule is CN(C)C1(c2cccc(F)c2)CCC2(CC1)c1[nH]c3ccccc3c1CCN2C(=O)/C=C/c1ccccc1.CN(C)C1(c2cccc(F)c2)CCC2(CC1)c1[nH]c3ccccc3c1CCN2C(=O)c1cc2ccccc2s1.COc1ccc(CC(=O)N2CCc3c([nH]c4ccccc34)C23CCC(c2cccc(F)c2)(N(C)C)CC3)cc1CO. The van der Waals surface area contributed by atoms with Gasteiger partial charge in [0.15, 0.2) is 0 Å². The summed E-state index contributed by atoms with van der Waals surface area (Å²) in [5.74, 6) is 0.216. The van der Waals surface area contributed by atoms with Crippen LogP contribution in [-0.4, -0.2) is 136 Å². The van der Waals surface area contributed by atoms with Gasteiger partial charge in [-0.05, 0) is 273 Å². The maximum atomic E-state index is 14.4. The number of halogens is 3. The maximum Gasteiger partial charge on any atom is 0.264 e. The zero-order valence-electron chi connectivity index (χ0n) is 68.5. The number of methoxy groups -OCH3 is 1. The van der Waals surface area contributed by atoms with Crippen LogP contribution in [0.2, 0.25) is 0 Å². The Morgan fingerprint density at radius 1 is 0.458 bits per heavy atom. The van der Waals surface area contributed by atoms with Gasteiger partial charge in [0.05, 0.1) is 41.6 Å². The number of para-hydroxylation sites is 3. The number of aromatic nitrogens is 3. The van der Waals surface area contributed by atoms with Crippen LogP contribution in [0.25, 0.3) is 48.9 Å². The third kappa shape index (κ3) is 13.9. The van der Waals surface area contributed by atoms with E-state index in [1.807, 2.05) is 91.0 Å². The molecule has 7 heterocycles. The second-order valence-electron chi connectivity index (χ2n) is 34.1. The number of aliphatic hydroxyl groups excluding tert-OH is 1. The molecule has 0 radical (unpaired) electrons. The molecule has 3 saturated carbocycles. The zero-order valence-corrected chi connectivity index (χ0v) is 69.3. The third-order valence-corrected chi connectivity index (χ3v) is 29.2. The highest BCUT2D eigenvalue weighted by Crippen LogP contribution is 2.58. The molecule has 118 heavy (non-hydrogen) atoms. The molecule has 9 aromatic carbocycles. The lowest BCUT2D eigenvalue weighted by atomic mass is 9.65. The highest BCUT2D eigenvalue weighted by Gasteiger charge is 2.57. The fourth-order valence-electron chi connectivity index (χ4n) is 21.8. The molecule has 14 nitrogen and oxygen atoms in total. The van der Waals surface area contributed by atoms with Crippen LogP contribution >= 0.6 is 11.3 Å². The minimum atomic E-state index is -0.483. The van der Waals surface area contributed by atoms with Crippen molar-refractivity contribution in [2.75, 3.05) is 69.0 Å². The molecule has 0 atom stereocenters. The first-order valence-electron chi connectivity index (χ1n) is 41.7. The van der Waals surface area contributed by atoms with E-state index in [0.29, 0.717) is 30.9 Å². The predicted octanol–water partition coefficient (Wildman–Crippen LogP) is 19.7. The summed E-state index contributed by atoms with van der Waals surface area (Å²) < 4.78 is 49.6. The first-order valence-corrected chi connectivity index (χ1v) is 42.5. The van der Waals surface area contributed by atoms with E-state index < -0.39 is 16.6 Å². The number of amides is 3. The molecule has 0 bridgehead atoms. The van der Waals surface area contributed by atoms with Crippen molar-refractivity contribution in [2.24, 2.45) is 0 Å². The number of aromatic amines is 3. The average molecular weight is 1600 g/mol. The zero-order chi connectivity index (χ0) is 81.9. The van der Waals surface area contributed by atoms with E-state index in [2.05, 4.69) is 178 Å². The highest BCUT2D eigenvalue weighted by molar-refractivity contribution is 7.20. The van der Waals surface area contributed by atoms with Gasteiger partial charge in [0.2, 0.25) is 11.8 Å². The molecule has 606 valence electrons. The molecule has 0 unspecified atom stereocenters. The van der Waals surface area contributed by atoms with E-state index in [-0.39, 0.29) is 64.8 Å². The predicted molar refractivity (Wildman–Crippen MR) is 466 cm³/mol. The molecule has 4 aromatic heterocycles. The summed E-state index contributed by atoms with van der Waals surface area (Å²) in [6, 6.07) is 72.3. The van der Waals surface area contributed by atoms with Crippen molar-refractivity contribution in [2.45, 2.75) is 143 Å². The second-order valence-corrected chi connectivity index (χ2v) is 35.2. The Hall–Kier alpha value is -10.9. The van der Waals surface area contributed by atoms with Crippen molar-refractivity contribution in [1.82, 2.24) is 44.4 Å². The van der Waals surface area contributed by atoms with Crippen molar-refractivity contribution in [3.63, 3.8) is 0 Å². The lowest BCUT2D eigenvalue weighted by Gasteiger charge is -2.55. The molecule has 3 fully saturated rings. The number of aliphatic hydroxyl groups is 1. The number of hydrogen-bond acceptors (Lipinski definition) is 9. The summed E-state index contributed by atoms with van der Waals surface area (Å²) >= 11 is 1.58. The van der Waals surface area contributed by atoms with Crippen molar-refractivity contribution in [3.8, 4) is 5.75 Å². The van der Waals surface area contributed by atoms with Gasteiger partial charge in [-0.15, -0.1) is 11.3 Å². The van der Waals surface area contributed by atoms with E-state index in [1.165, 1.54) is 62.4 Å². The number of nitrogens with zero attached hydrogens (tertiary/aromatic N) is 6. The maximum absolute atomic E-state index is 14.4. The number of carbonyl (C=O) groups is 3. The summed E-state index contributed by atoms with van der Waals surface area (Å²) in [5, 5.41) is 14.7. The molecule has 18 heteroatoms. The van der Waals surface area contributed by atoms with Gasteiger partial charge in [0.1, 0.15) is 23.2 Å². The van der Waals surface area contributed by atoms with Crippen LogP contribution in [0, 0.1) is 17.5 Å². The minimum absolute atomic E-state index is 0.0428. The molecule has 3 amide bonds. The first kappa shape index (κ1) is 79.6. The number of H-pyrrole nitrogens is 3. The number of nitrogens with one attached hydrogen (secondary N) is 3. The number of thiophene rings is 1. The standard InChI is InChI=1S/C34H38FN3O3.C33H32FN3OS.C33H34FN3O/c1-37(2)33(25-7-6-8-26(35)21-25)14-16-34(17-15-33)32-28(27-9-4-5-10-29(27)36-32)13-18-38(34)31(40)20-23-11-12-30(41-3)24(19-23)22-39;1-36(2)32(23-9-7-10-24(34)21-23)15-17-33(18-16-32)30-26(25-11-4-5-12-27(25)35-30)14-19-37(33)31(38)29-20-22-8-3-6-13-28(22)39-29;1-36(2)32(25-11-8-12-26(34)23-25)18-20-33(21-19-32)31-28(27-13-6-7-14-29(27)35-31)17-22-37(33)30(38)16-15-24-9-4-3-5-10-24/h4-12,19,21,36,39H,13-18,20,22H2,1-3H3;3-13,20-21,35H,14-19H2,1-2H3;3-16,23,35H,17-22H2,1-2H3/b;;16-15+. The normalized spacial score (nSPS) is 22.9. The fraction of sp³-hybridized carbons (Fsp3) is 0.330. The average Bonchev–Trinajstić information content (AvgIpc) is 1.37. The van der Waals surface area contributed by atoms with E-state index in [0.717, 1.165) is 161 Å². The molecule has 6 aliphatic rings. The van der Waals surface area contributed by atoms with Gasteiger partial charge < -0.3 is 39.5 Å². The summed E-state index contributed by atoms with van der Waals surface area (Å²) in [6.07, 6.45) is 16.0. The van der Waals surface area contributed by atoms with Gasteiger partial charge in [0, 0.05) is 102 Å². The molecule has 4 N–H and O–H groups in total. The molecule has 19 rings (SSSR count). The second kappa shape index (κ2) is 32.1. The Morgan fingerprint density at radius 2 is 0.864 bits per heavy atom. The number of hydrogen-bond donors (Lipinski definition) is 4. The lowest BCUT2D eigenvalue weighted by molar-refractivity contribution is -0.142. The number of carbonyl (C=O) groups excluding carboxylic acids is 3. The Kier molecular flexibility index (Phi) is 21.7. The third-order valence-electron chi connectivity index (χ3n) is 28.0. The lowest BCUT2D eigenvalue weighted by Crippen LogP contribution is -2.58. The van der Waals surface area contributed by atoms with Gasteiger partial charge in [-0.2, -0.15) is 0 Å². The number of rotatable bonds is 13. The molecule has 3 aliphatic carbocycles. The smallest absolute Gasteiger partial charge is 0.264 e. The van der Waals surface area contributed by atoms with E-state index in [1.54, 1.807) is 54.9 Å². The van der Waals surface area contributed by atoms with E-state index >= 15 is 0 Å². The molecule has 13 aromatic rings. The van der Waals surface area contributed by atoms with Crippen LogP contribution in [0.15, 0.2) is 231 Å². The van der Waals surface area contributed by atoms with Crippen molar-refractivity contribution in [1.29, 1.82) is 0 Å². The largest absolute Gasteiger partial charge is 0.496 e. The Bertz CT molecular complexity index is 5900. The summed E-state index contributed by atoms with van der Waals surface area (Å²) in [7, 11) is 14.1. The van der Waals surface area contributed by atoms with Crippen LogP contribution in [0.5, 0.6) is 5.75 Å². The summed E-state index contributed by atoms with van der Waals surface area (Å²) in [4.78, 5) is 67.5. The monoisotopic (exact) mass is 1600 g/mol. The first-order chi connectivity index (χ1) is 57.1. The Labute approximate surface area is 692 Å². The van der Waals surface area contributed by atoms with Gasteiger partial charge in [-0.1, -0.05) is 146 Å². The minimum Gasteiger partial charge on any atom is -0.496 e. The number of benzene rings is 9. The van der Waals surface area contributed by atoms with Gasteiger partial charge in [-0.3, -0.25) is 29.1 Å². The quantitative estimate of drug-likeness (QED) is 0.0835. The van der Waals surface area contributed by atoms with E-state index in [9.17, 15) is 32.7 Å². The van der Waals surface area contributed by atoms with E-state index in [4.69, 9.17) is 4.74 Å². The Morgan fingerprint density at radius 3 is 1.30 bits per heavy atom. The molecular formula is C100H104F3N9O5S. The number of ether oxygens (including phenoxy) is 1. The number of fused-ring (bicyclic) bond motifs is 13. The molecule has 3 aliphatic heterocycles. The van der Waals surface area contributed by atoms with Gasteiger partial charge in [0.25, 0.3) is 5.91 Å². The van der Waals surface area contributed by atoms with Gasteiger partial charge in [-0.25, -0.2) is 13.2 Å². The Balaban J connectivity index is 0.000000127. The summed E-state index contributed by atoms with van der Waals surface area (Å²) in [5.41, 5.74) is 14.2. The topological polar surface area (TPSA) is 147 Å². The van der Waals surface area contributed by atoms with Gasteiger partial charge >= 0.3 is 0 Å². The molecular weight excluding hydrogens is 1500 g/mol. The van der Waals surface area contributed by atoms with Crippen LogP contribution in [-0.2, 0) is 75.1 Å². The molecule has 3 spiro atoms.